The number of sulfonamides is 1. The fraction of sp³-hybridized carbons (Fsp3) is 0.368. The molecule has 1 fully saturated rings. The Kier molecular flexibility index (Phi) is 5.58. The topological polar surface area (TPSA) is 55.8 Å². The summed E-state index contributed by atoms with van der Waals surface area (Å²) in [7, 11) is -0.987. The maximum absolute atomic E-state index is 13.1. The van der Waals surface area contributed by atoms with Crippen molar-refractivity contribution in [2.45, 2.75) is 36.5 Å². The van der Waals surface area contributed by atoms with Crippen LogP contribution in [0.5, 0.6) is 11.5 Å². The molecule has 9 heteroatoms. The number of hydrogen-bond donors (Lipinski definition) is 0. The number of hydrogen-bond acceptors (Lipinski definition) is 4. The number of ether oxygens (including phenoxy) is 2. The Hall–Kier alpha value is -2.26. The van der Waals surface area contributed by atoms with E-state index in [1.54, 1.807) is 18.2 Å². The van der Waals surface area contributed by atoms with E-state index in [2.05, 4.69) is 0 Å². The average Bonchev–Trinajstić information content (AvgIpc) is 3.50. The summed E-state index contributed by atoms with van der Waals surface area (Å²) in [5.41, 5.74) is -0.275. The third-order valence-corrected chi connectivity index (χ3v) is 6.47. The first-order chi connectivity index (χ1) is 13.2. The Bertz CT molecular complexity index is 939. The minimum Gasteiger partial charge on any atom is -0.497 e. The van der Waals surface area contributed by atoms with E-state index in [1.165, 1.54) is 18.5 Å². The lowest BCUT2D eigenvalue weighted by atomic mass is 10.2. The van der Waals surface area contributed by atoms with Gasteiger partial charge in [0.15, 0.2) is 0 Å². The van der Waals surface area contributed by atoms with Gasteiger partial charge in [-0.2, -0.15) is 17.5 Å². The van der Waals surface area contributed by atoms with Crippen LogP contribution in [0.2, 0.25) is 0 Å². The molecule has 1 aliphatic carbocycles. The van der Waals surface area contributed by atoms with E-state index >= 15 is 0 Å². The van der Waals surface area contributed by atoms with Crippen molar-refractivity contribution in [2.24, 2.45) is 0 Å². The molecule has 0 aromatic heterocycles. The van der Waals surface area contributed by atoms with Crippen LogP contribution in [0.4, 0.5) is 13.2 Å². The van der Waals surface area contributed by atoms with E-state index in [-0.39, 0.29) is 17.5 Å². The summed E-state index contributed by atoms with van der Waals surface area (Å²) in [6, 6.07) is 8.44. The number of methoxy groups -OCH3 is 2. The van der Waals surface area contributed by atoms with Crippen molar-refractivity contribution < 1.29 is 31.1 Å². The van der Waals surface area contributed by atoms with Gasteiger partial charge < -0.3 is 9.47 Å². The lowest BCUT2D eigenvalue weighted by Gasteiger charge is -2.23. The third kappa shape index (κ3) is 4.25. The van der Waals surface area contributed by atoms with E-state index in [9.17, 15) is 21.6 Å². The second-order valence-corrected chi connectivity index (χ2v) is 8.37. The molecule has 0 heterocycles. The first-order valence-electron chi connectivity index (χ1n) is 8.57. The van der Waals surface area contributed by atoms with Crippen molar-refractivity contribution in [2.75, 3.05) is 14.2 Å². The van der Waals surface area contributed by atoms with Gasteiger partial charge in [-0.25, -0.2) is 8.42 Å². The zero-order valence-electron chi connectivity index (χ0n) is 15.4. The van der Waals surface area contributed by atoms with Crippen LogP contribution in [0.3, 0.4) is 0 Å². The van der Waals surface area contributed by atoms with E-state index in [4.69, 9.17) is 9.47 Å². The van der Waals surface area contributed by atoms with Crippen LogP contribution >= 0.6 is 0 Å². The van der Waals surface area contributed by atoms with Crippen LogP contribution in [-0.2, 0) is 22.7 Å². The van der Waals surface area contributed by atoms with Gasteiger partial charge in [0.2, 0.25) is 10.0 Å². The van der Waals surface area contributed by atoms with Gasteiger partial charge >= 0.3 is 6.18 Å². The van der Waals surface area contributed by atoms with Crippen molar-refractivity contribution in [3.8, 4) is 11.5 Å². The van der Waals surface area contributed by atoms with Gasteiger partial charge in [-0.15, -0.1) is 0 Å². The molecule has 152 valence electrons. The predicted molar refractivity (Wildman–Crippen MR) is 96.7 cm³/mol. The van der Waals surface area contributed by atoms with Crippen LogP contribution in [-0.4, -0.2) is 33.0 Å². The van der Waals surface area contributed by atoms with Crippen molar-refractivity contribution in [1.82, 2.24) is 4.31 Å². The standard InChI is InChI=1S/C19H20F3NO4S/c1-26-16-7-10-18(27-2)13(11-16)12-23(15-5-6-15)28(24,25)17-8-3-14(4-9-17)19(20,21)22/h3-4,7-11,15H,5-6,12H2,1-2H3. The molecule has 28 heavy (non-hydrogen) atoms. The summed E-state index contributed by atoms with van der Waals surface area (Å²) >= 11 is 0. The Labute approximate surface area is 161 Å². The number of halogens is 3. The third-order valence-electron chi connectivity index (χ3n) is 4.56. The number of nitrogens with zero attached hydrogens (tertiary/aromatic N) is 1. The molecule has 0 saturated heterocycles. The quantitative estimate of drug-likeness (QED) is 0.684. The van der Waals surface area contributed by atoms with Crippen molar-refractivity contribution in [3.63, 3.8) is 0 Å². The zero-order chi connectivity index (χ0) is 20.5. The molecule has 0 unspecified atom stereocenters. The van der Waals surface area contributed by atoms with Gasteiger partial charge in [-0.3, -0.25) is 0 Å². The largest absolute Gasteiger partial charge is 0.497 e. The van der Waals surface area contributed by atoms with Gasteiger partial charge in [0.05, 0.1) is 24.7 Å². The molecule has 0 radical (unpaired) electrons. The number of alkyl halides is 3. The van der Waals surface area contributed by atoms with Crippen LogP contribution in [0.1, 0.15) is 24.0 Å². The minimum atomic E-state index is -4.52. The fourth-order valence-electron chi connectivity index (χ4n) is 2.90. The summed E-state index contributed by atoms with van der Waals surface area (Å²) < 4.78 is 76.3. The molecule has 0 N–H and O–H groups in total. The van der Waals surface area contributed by atoms with Gasteiger partial charge in [0.1, 0.15) is 11.5 Å². The summed E-state index contributed by atoms with van der Waals surface area (Å²) in [6.45, 7) is 0.0361. The van der Waals surface area contributed by atoms with E-state index in [0.29, 0.717) is 29.9 Å². The van der Waals surface area contributed by atoms with Gasteiger partial charge in [-0.05, 0) is 55.3 Å². The van der Waals surface area contributed by atoms with Crippen LogP contribution in [0, 0.1) is 0 Å². The van der Waals surface area contributed by atoms with Gasteiger partial charge in [-0.1, -0.05) is 0 Å². The monoisotopic (exact) mass is 415 g/mol. The molecule has 2 aromatic rings. The summed E-state index contributed by atoms with van der Waals surface area (Å²) in [6.07, 6.45) is -3.12. The van der Waals surface area contributed by atoms with E-state index in [1.807, 2.05) is 0 Å². The summed E-state index contributed by atoms with van der Waals surface area (Å²) in [4.78, 5) is -0.172. The molecule has 0 bridgehead atoms. The highest BCUT2D eigenvalue weighted by Gasteiger charge is 2.39. The van der Waals surface area contributed by atoms with Gasteiger partial charge in [0.25, 0.3) is 0 Å². The Morgan fingerprint density at radius 2 is 1.68 bits per heavy atom. The zero-order valence-corrected chi connectivity index (χ0v) is 16.2. The minimum absolute atomic E-state index is 0.0361. The second-order valence-electron chi connectivity index (χ2n) is 6.48. The lowest BCUT2D eigenvalue weighted by molar-refractivity contribution is -0.137. The summed E-state index contributed by atoms with van der Waals surface area (Å²) in [5, 5.41) is 0. The lowest BCUT2D eigenvalue weighted by Crippen LogP contribution is -2.32. The number of benzene rings is 2. The Morgan fingerprint density at radius 3 is 2.18 bits per heavy atom. The predicted octanol–water partition coefficient (Wildman–Crippen LogP) is 4.08. The fourth-order valence-corrected chi connectivity index (χ4v) is 4.56. The second kappa shape index (κ2) is 7.63. The Morgan fingerprint density at radius 1 is 1.04 bits per heavy atom. The summed E-state index contributed by atoms with van der Waals surface area (Å²) in [5.74, 6) is 1.06. The molecule has 0 aliphatic heterocycles. The molecule has 0 spiro atoms. The molecule has 5 nitrogen and oxygen atoms in total. The van der Waals surface area contributed by atoms with Crippen LogP contribution < -0.4 is 9.47 Å². The highest BCUT2D eigenvalue weighted by atomic mass is 32.2. The average molecular weight is 415 g/mol. The highest BCUT2D eigenvalue weighted by Crippen LogP contribution is 2.37. The van der Waals surface area contributed by atoms with Crippen LogP contribution in [0.15, 0.2) is 47.4 Å². The molecule has 0 atom stereocenters. The first-order valence-corrected chi connectivity index (χ1v) is 10.0. The first kappa shape index (κ1) is 20.5. The maximum atomic E-state index is 13.1. The van der Waals surface area contributed by atoms with Gasteiger partial charge in [0, 0.05) is 18.2 Å². The molecule has 2 aromatic carbocycles. The van der Waals surface area contributed by atoms with Crippen molar-refractivity contribution in [1.29, 1.82) is 0 Å². The van der Waals surface area contributed by atoms with E-state index in [0.717, 1.165) is 24.3 Å². The highest BCUT2D eigenvalue weighted by molar-refractivity contribution is 7.89. The number of rotatable bonds is 7. The molecular formula is C19H20F3NO4S. The molecule has 1 aliphatic rings. The normalized spacial score (nSPS) is 14.9. The van der Waals surface area contributed by atoms with E-state index < -0.39 is 21.8 Å². The van der Waals surface area contributed by atoms with Crippen molar-refractivity contribution in [3.05, 3.63) is 53.6 Å². The molecule has 0 amide bonds. The Balaban J connectivity index is 1.94. The molecule has 3 rings (SSSR count). The van der Waals surface area contributed by atoms with Crippen molar-refractivity contribution >= 4 is 10.0 Å². The van der Waals surface area contributed by atoms with Crippen LogP contribution in [0.25, 0.3) is 0 Å². The smallest absolute Gasteiger partial charge is 0.416 e. The SMILES string of the molecule is COc1ccc(OC)c(CN(C2CC2)S(=O)(=O)c2ccc(C(F)(F)F)cc2)c1. The molecule has 1 saturated carbocycles. The molecular weight excluding hydrogens is 395 g/mol. The maximum Gasteiger partial charge on any atom is 0.416 e.